The highest BCUT2D eigenvalue weighted by Gasteiger charge is 2.37. The fraction of sp³-hybridized carbons (Fsp3) is 1.00. The van der Waals surface area contributed by atoms with Gasteiger partial charge in [-0.15, -0.1) is 0 Å². The summed E-state index contributed by atoms with van der Waals surface area (Å²) in [6.45, 7) is 4.86. The number of hydrogen-bond acceptors (Lipinski definition) is 4. The Morgan fingerprint density at radius 1 is 1.35 bits per heavy atom. The molecule has 2 N–H and O–H groups in total. The summed E-state index contributed by atoms with van der Waals surface area (Å²) < 4.78 is 31.4. The van der Waals surface area contributed by atoms with E-state index in [0.717, 1.165) is 19.3 Å². The standard InChI is InChI=1S/C11H24N2O3S/c1-10(2)12-7-8-17(14,15)13-9-11(16-3)5-4-6-11/h10,12-13H,4-9H2,1-3H3. The zero-order valence-corrected chi connectivity index (χ0v) is 11.8. The van der Waals surface area contributed by atoms with Gasteiger partial charge in [0.1, 0.15) is 0 Å². The lowest BCUT2D eigenvalue weighted by Crippen LogP contribution is -2.50. The zero-order chi connectivity index (χ0) is 12.9. The Morgan fingerprint density at radius 3 is 2.41 bits per heavy atom. The third kappa shape index (κ3) is 4.91. The minimum atomic E-state index is -3.19. The third-order valence-corrected chi connectivity index (χ3v) is 4.56. The van der Waals surface area contributed by atoms with E-state index in [9.17, 15) is 8.42 Å². The van der Waals surface area contributed by atoms with Crippen LogP contribution < -0.4 is 10.0 Å². The van der Waals surface area contributed by atoms with Crippen molar-refractivity contribution in [1.29, 1.82) is 0 Å². The van der Waals surface area contributed by atoms with Crippen LogP contribution in [-0.2, 0) is 14.8 Å². The molecule has 0 aliphatic heterocycles. The van der Waals surface area contributed by atoms with Crippen molar-refractivity contribution in [3.05, 3.63) is 0 Å². The first-order valence-corrected chi connectivity index (χ1v) is 7.80. The molecular formula is C11H24N2O3S. The summed E-state index contributed by atoms with van der Waals surface area (Å²) in [5.41, 5.74) is -0.251. The topological polar surface area (TPSA) is 67.4 Å². The summed E-state index contributed by atoms with van der Waals surface area (Å²) >= 11 is 0. The quantitative estimate of drug-likeness (QED) is 0.669. The lowest BCUT2D eigenvalue weighted by atomic mass is 9.80. The van der Waals surface area contributed by atoms with E-state index in [0.29, 0.717) is 19.1 Å². The van der Waals surface area contributed by atoms with Crippen LogP contribution in [0, 0.1) is 0 Å². The fourth-order valence-corrected chi connectivity index (χ4v) is 2.83. The van der Waals surface area contributed by atoms with Crippen molar-refractivity contribution in [1.82, 2.24) is 10.0 Å². The number of nitrogens with one attached hydrogen (secondary N) is 2. The van der Waals surface area contributed by atoms with Crippen molar-refractivity contribution in [3.63, 3.8) is 0 Å². The average molecular weight is 264 g/mol. The van der Waals surface area contributed by atoms with E-state index < -0.39 is 10.0 Å². The number of rotatable bonds is 8. The molecule has 17 heavy (non-hydrogen) atoms. The molecule has 0 aromatic rings. The van der Waals surface area contributed by atoms with Gasteiger partial charge in [0.05, 0.1) is 11.4 Å². The largest absolute Gasteiger partial charge is 0.377 e. The molecule has 0 amide bonds. The smallest absolute Gasteiger partial charge is 0.212 e. The maximum Gasteiger partial charge on any atom is 0.212 e. The molecule has 1 fully saturated rings. The lowest BCUT2D eigenvalue weighted by molar-refractivity contribution is -0.0659. The molecule has 0 saturated heterocycles. The molecule has 0 atom stereocenters. The van der Waals surface area contributed by atoms with Gasteiger partial charge in [0, 0.05) is 26.2 Å². The van der Waals surface area contributed by atoms with E-state index in [-0.39, 0.29) is 11.4 Å². The van der Waals surface area contributed by atoms with Gasteiger partial charge in [-0.1, -0.05) is 13.8 Å². The second kappa shape index (κ2) is 6.13. The van der Waals surface area contributed by atoms with Gasteiger partial charge >= 0.3 is 0 Å². The van der Waals surface area contributed by atoms with Crippen LogP contribution in [0.25, 0.3) is 0 Å². The Kier molecular flexibility index (Phi) is 5.37. The number of hydrogen-bond donors (Lipinski definition) is 2. The van der Waals surface area contributed by atoms with Crippen LogP contribution in [0.3, 0.4) is 0 Å². The fourth-order valence-electron chi connectivity index (χ4n) is 1.82. The molecule has 0 radical (unpaired) electrons. The van der Waals surface area contributed by atoms with Gasteiger partial charge in [-0.2, -0.15) is 0 Å². The van der Waals surface area contributed by atoms with Crippen molar-refractivity contribution < 1.29 is 13.2 Å². The van der Waals surface area contributed by atoms with Crippen LogP contribution in [-0.4, -0.2) is 46.0 Å². The van der Waals surface area contributed by atoms with Crippen molar-refractivity contribution >= 4 is 10.0 Å². The minimum absolute atomic E-state index is 0.116. The van der Waals surface area contributed by atoms with Crippen LogP contribution in [0.2, 0.25) is 0 Å². The summed E-state index contributed by atoms with van der Waals surface area (Å²) in [6.07, 6.45) is 3.00. The minimum Gasteiger partial charge on any atom is -0.377 e. The molecular weight excluding hydrogens is 240 g/mol. The van der Waals surface area contributed by atoms with Crippen molar-refractivity contribution in [2.75, 3.05) is 26.0 Å². The Morgan fingerprint density at radius 2 is 2.00 bits per heavy atom. The highest BCUT2D eigenvalue weighted by molar-refractivity contribution is 7.89. The molecule has 1 saturated carbocycles. The van der Waals surface area contributed by atoms with Crippen LogP contribution in [0.15, 0.2) is 0 Å². The molecule has 1 aliphatic carbocycles. The number of sulfonamides is 1. The molecule has 0 heterocycles. The summed E-state index contributed by atoms with van der Waals surface area (Å²) in [6, 6.07) is 0.308. The first-order valence-electron chi connectivity index (χ1n) is 6.15. The van der Waals surface area contributed by atoms with Gasteiger partial charge < -0.3 is 10.1 Å². The number of ether oxygens (including phenoxy) is 1. The summed E-state index contributed by atoms with van der Waals surface area (Å²) in [4.78, 5) is 0. The van der Waals surface area contributed by atoms with Gasteiger partial charge in [-0.05, 0) is 19.3 Å². The second-order valence-corrected chi connectivity index (χ2v) is 6.92. The van der Waals surface area contributed by atoms with E-state index in [2.05, 4.69) is 10.0 Å². The van der Waals surface area contributed by atoms with Crippen LogP contribution in [0.1, 0.15) is 33.1 Å². The highest BCUT2D eigenvalue weighted by atomic mass is 32.2. The predicted molar refractivity (Wildman–Crippen MR) is 68.5 cm³/mol. The molecule has 0 bridgehead atoms. The molecule has 1 aliphatic rings. The van der Waals surface area contributed by atoms with Gasteiger partial charge in [-0.3, -0.25) is 0 Å². The van der Waals surface area contributed by atoms with E-state index in [4.69, 9.17) is 4.74 Å². The van der Waals surface area contributed by atoms with E-state index >= 15 is 0 Å². The summed E-state index contributed by atoms with van der Waals surface area (Å²) in [5, 5.41) is 3.09. The Balaban J connectivity index is 2.29. The summed E-state index contributed by atoms with van der Waals surface area (Å²) in [5.74, 6) is 0.116. The van der Waals surface area contributed by atoms with Crippen LogP contribution >= 0.6 is 0 Å². The average Bonchev–Trinajstić information content (AvgIpc) is 2.15. The first-order chi connectivity index (χ1) is 7.89. The molecule has 102 valence electrons. The molecule has 6 heteroatoms. The lowest BCUT2D eigenvalue weighted by Gasteiger charge is -2.40. The third-order valence-electron chi connectivity index (χ3n) is 3.24. The Labute approximate surface area is 104 Å². The van der Waals surface area contributed by atoms with Gasteiger partial charge in [0.2, 0.25) is 10.0 Å². The zero-order valence-electron chi connectivity index (χ0n) is 11.0. The van der Waals surface area contributed by atoms with E-state index in [1.54, 1.807) is 7.11 Å². The van der Waals surface area contributed by atoms with Gasteiger partial charge in [0.15, 0.2) is 0 Å². The second-order valence-electron chi connectivity index (χ2n) is 4.99. The van der Waals surface area contributed by atoms with Crippen molar-refractivity contribution in [3.8, 4) is 0 Å². The van der Waals surface area contributed by atoms with Crippen molar-refractivity contribution in [2.24, 2.45) is 0 Å². The normalized spacial score (nSPS) is 19.3. The molecule has 5 nitrogen and oxygen atoms in total. The highest BCUT2D eigenvalue weighted by Crippen LogP contribution is 2.34. The van der Waals surface area contributed by atoms with Gasteiger partial charge in [-0.25, -0.2) is 13.1 Å². The maximum atomic E-state index is 11.7. The van der Waals surface area contributed by atoms with Crippen LogP contribution in [0.5, 0.6) is 0 Å². The van der Waals surface area contributed by atoms with E-state index in [1.807, 2.05) is 13.8 Å². The van der Waals surface area contributed by atoms with E-state index in [1.165, 1.54) is 0 Å². The van der Waals surface area contributed by atoms with Gasteiger partial charge in [0.25, 0.3) is 0 Å². The Hall–Kier alpha value is -0.170. The summed E-state index contributed by atoms with van der Waals surface area (Å²) in [7, 11) is -1.54. The van der Waals surface area contributed by atoms with Crippen LogP contribution in [0.4, 0.5) is 0 Å². The predicted octanol–water partition coefficient (Wildman–Crippen LogP) is 0.473. The molecule has 0 aromatic heterocycles. The number of methoxy groups -OCH3 is 1. The first kappa shape index (κ1) is 14.9. The molecule has 0 unspecified atom stereocenters. The Bertz CT molecular complexity index is 318. The SMILES string of the molecule is COC1(CNS(=O)(=O)CCNC(C)C)CCC1. The maximum absolute atomic E-state index is 11.7. The molecule has 1 rings (SSSR count). The molecule has 0 aromatic carbocycles. The monoisotopic (exact) mass is 264 g/mol. The molecule has 0 spiro atoms. The van der Waals surface area contributed by atoms with Crippen molar-refractivity contribution in [2.45, 2.75) is 44.8 Å².